The lowest BCUT2D eigenvalue weighted by atomic mass is 10.1. The molecular formula is C17H15F3N2O2. The molecule has 0 atom stereocenters. The molecular weight excluding hydrogens is 321 g/mol. The van der Waals surface area contributed by atoms with E-state index in [-0.39, 0.29) is 11.5 Å². The number of carbonyl (C=O) groups is 2. The summed E-state index contributed by atoms with van der Waals surface area (Å²) in [5.74, 6) is -0.869. The largest absolute Gasteiger partial charge is 0.416 e. The number of alkyl halides is 3. The van der Waals surface area contributed by atoms with Gasteiger partial charge in [0, 0.05) is 23.9 Å². The number of rotatable bonds is 3. The van der Waals surface area contributed by atoms with E-state index >= 15 is 0 Å². The van der Waals surface area contributed by atoms with Crippen molar-refractivity contribution in [2.45, 2.75) is 20.0 Å². The van der Waals surface area contributed by atoms with Crippen LogP contribution in [0.25, 0.3) is 0 Å². The van der Waals surface area contributed by atoms with Gasteiger partial charge in [-0.3, -0.25) is 9.59 Å². The number of benzene rings is 2. The molecule has 7 heteroatoms. The topological polar surface area (TPSA) is 58.2 Å². The fourth-order valence-corrected chi connectivity index (χ4v) is 2.11. The summed E-state index contributed by atoms with van der Waals surface area (Å²) in [6.07, 6.45) is -4.51. The maximum Gasteiger partial charge on any atom is 0.416 e. The zero-order valence-corrected chi connectivity index (χ0v) is 13.0. The van der Waals surface area contributed by atoms with Gasteiger partial charge >= 0.3 is 6.18 Å². The molecule has 2 amide bonds. The molecule has 0 unspecified atom stereocenters. The highest BCUT2D eigenvalue weighted by Crippen LogP contribution is 2.29. The second-order valence-electron chi connectivity index (χ2n) is 5.24. The molecule has 0 aliphatic rings. The van der Waals surface area contributed by atoms with Crippen molar-refractivity contribution >= 4 is 23.2 Å². The summed E-state index contributed by atoms with van der Waals surface area (Å²) in [6, 6.07) is 8.99. The van der Waals surface area contributed by atoms with Gasteiger partial charge in [-0.05, 0) is 48.9 Å². The first kappa shape index (κ1) is 17.5. The van der Waals surface area contributed by atoms with Crippen molar-refractivity contribution in [3.05, 3.63) is 59.2 Å². The van der Waals surface area contributed by atoms with Crippen molar-refractivity contribution in [3.8, 4) is 0 Å². The Bertz CT molecular complexity index is 786. The molecule has 0 saturated heterocycles. The third kappa shape index (κ3) is 4.34. The number of amides is 2. The lowest BCUT2D eigenvalue weighted by molar-refractivity contribution is -0.137. The van der Waals surface area contributed by atoms with Gasteiger partial charge in [-0.1, -0.05) is 6.07 Å². The van der Waals surface area contributed by atoms with Crippen LogP contribution in [-0.4, -0.2) is 11.8 Å². The Balaban J connectivity index is 2.18. The van der Waals surface area contributed by atoms with Gasteiger partial charge in [-0.15, -0.1) is 0 Å². The van der Waals surface area contributed by atoms with E-state index in [2.05, 4.69) is 10.6 Å². The highest BCUT2D eigenvalue weighted by Gasteiger charge is 2.30. The number of hydrogen-bond acceptors (Lipinski definition) is 2. The molecule has 2 aromatic carbocycles. The minimum absolute atomic E-state index is 0.0894. The van der Waals surface area contributed by atoms with Crippen LogP contribution >= 0.6 is 0 Å². The Hall–Kier alpha value is -2.83. The van der Waals surface area contributed by atoms with Crippen molar-refractivity contribution in [1.82, 2.24) is 0 Å². The molecule has 2 rings (SSSR count). The Kier molecular flexibility index (Phi) is 4.92. The quantitative estimate of drug-likeness (QED) is 0.881. The molecule has 0 radical (unpaired) electrons. The van der Waals surface area contributed by atoms with Gasteiger partial charge in [0.2, 0.25) is 5.91 Å². The van der Waals surface area contributed by atoms with Gasteiger partial charge in [0.1, 0.15) is 0 Å². The molecule has 126 valence electrons. The summed E-state index contributed by atoms with van der Waals surface area (Å²) in [7, 11) is 0. The molecule has 0 saturated carbocycles. The Morgan fingerprint density at radius 1 is 1.00 bits per heavy atom. The molecule has 0 fully saturated rings. The van der Waals surface area contributed by atoms with E-state index < -0.39 is 17.6 Å². The average molecular weight is 336 g/mol. The molecule has 2 N–H and O–H groups in total. The lowest BCUT2D eigenvalue weighted by Crippen LogP contribution is -2.14. The van der Waals surface area contributed by atoms with Crippen molar-refractivity contribution in [3.63, 3.8) is 0 Å². The zero-order chi connectivity index (χ0) is 17.9. The minimum Gasteiger partial charge on any atom is -0.326 e. The van der Waals surface area contributed by atoms with Crippen LogP contribution in [0.4, 0.5) is 24.5 Å². The van der Waals surface area contributed by atoms with Gasteiger partial charge < -0.3 is 10.6 Å². The summed E-state index contributed by atoms with van der Waals surface area (Å²) in [6.45, 7) is 3.12. The van der Waals surface area contributed by atoms with Crippen molar-refractivity contribution in [2.24, 2.45) is 0 Å². The number of aryl methyl sites for hydroxylation is 1. The van der Waals surface area contributed by atoms with E-state index in [9.17, 15) is 22.8 Å². The van der Waals surface area contributed by atoms with Crippen LogP contribution in [0.1, 0.15) is 28.4 Å². The molecule has 0 aliphatic carbocycles. The predicted molar refractivity (Wildman–Crippen MR) is 84.9 cm³/mol. The molecule has 4 nitrogen and oxygen atoms in total. The summed E-state index contributed by atoms with van der Waals surface area (Å²) in [5, 5.41) is 5.17. The maximum absolute atomic E-state index is 12.7. The van der Waals surface area contributed by atoms with Crippen LogP contribution in [0.5, 0.6) is 0 Å². The Morgan fingerprint density at radius 2 is 1.71 bits per heavy atom. The number of halogens is 3. The number of anilines is 2. The van der Waals surface area contributed by atoms with Gasteiger partial charge in [-0.25, -0.2) is 0 Å². The lowest BCUT2D eigenvalue weighted by Gasteiger charge is -2.11. The monoisotopic (exact) mass is 336 g/mol. The van der Waals surface area contributed by atoms with Crippen LogP contribution < -0.4 is 10.6 Å². The van der Waals surface area contributed by atoms with Crippen molar-refractivity contribution < 1.29 is 22.8 Å². The first-order valence-corrected chi connectivity index (χ1v) is 7.03. The third-order valence-corrected chi connectivity index (χ3v) is 3.25. The fraction of sp³-hybridized carbons (Fsp3) is 0.176. The van der Waals surface area contributed by atoms with E-state index in [1.165, 1.54) is 19.1 Å². The van der Waals surface area contributed by atoms with Gasteiger partial charge in [0.15, 0.2) is 0 Å². The third-order valence-electron chi connectivity index (χ3n) is 3.25. The Morgan fingerprint density at radius 3 is 2.29 bits per heavy atom. The molecule has 24 heavy (non-hydrogen) atoms. The van der Waals surface area contributed by atoms with Crippen molar-refractivity contribution in [2.75, 3.05) is 10.6 Å². The maximum atomic E-state index is 12.7. The molecule has 0 aromatic heterocycles. The molecule has 0 spiro atoms. The zero-order valence-electron chi connectivity index (χ0n) is 13.0. The summed E-state index contributed by atoms with van der Waals surface area (Å²) in [4.78, 5) is 23.2. The first-order valence-electron chi connectivity index (χ1n) is 7.03. The van der Waals surface area contributed by atoms with Crippen LogP contribution in [0.15, 0.2) is 42.5 Å². The van der Waals surface area contributed by atoms with Crippen LogP contribution in [0.2, 0.25) is 0 Å². The highest BCUT2D eigenvalue weighted by molar-refractivity contribution is 6.04. The van der Waals surface area contributed by atoms with Gasteiger partial charge in [-0.2, -0.15) is 13.2 Å². The normalized spacial score (nSPS) is 11.0. The van der Waals surface area contributed by atoms with E-state index in [1.807, 2.05) is 0 Å². The van der Waals surface area contributed by atoms with Crippen LogP contribution in [-0.2, 0) is 11.0 Å². The van der Waals surface area contributed by atoms with Gasteiger partial charge in [0.05, 0.1) is 5.56 Å². The average Bonchev–Trinajstić information content (AvgIpc) is 2.49. The Labute approximate surface area is 136 Å². The van der Waals surface area contributed by atoms with E-state index in [4.69, 9.17) is 0 Å². The molecule has 2 aromatic rings. The van der Waals surface area contributed by atoms with Gasteiger partial charge in [0.25, 0.3) is 5.91 Å². The SMILES string of the molecule is CC(=O)Nc1ccc(NC(=O)c2cccc(C(F)(F)F)c2)cc1C. The molecule has 0 bridgehead atoms. The predicted octanol–water partition coefficient (Wildman–Crippen LogP) is 4.22. The second-order valence-corrected chi connectivity index (χ2v) is 5.24. The van der Waals surface area contributed by atoms with E-state index in [1.54, 1.807) is 25.1 Å². The van der Waals surface area contributed by atoms with E-state index in [0.29, 0.717) is 16.9 Å². The van der Waals surface area contributed by atoms with Crippen LogP contribution in [0, 0.1) is 6.92 Å². The van der Waals surface area contributed by atoms with Crippen LogP contribution in [0.3, 0.4) is 0 Å². The number of nitrogens with one attached hydrogen (secondary N) is 2. The highest BCUT2D eigenvalue weighted by atomic mass is 19.4. The fourth-order valence-electron chi connectivity index (χ4n) is 2.11. The smallest absolute Gasteiger partial charge is 0.326 e. The second kappa shape index (κ2) is 6.74. The number of carbonyl (C=O) groups excluding carboxylic acids is 2. The minimum atomic E-state index is -4.51. The summed E-state index contributed by atoms with van der Waals surface area (Å²) >= 11 is 0. The number of hydrogen-bond donors (Lipinski definition) is 2. The summed E-state index contributed by atoms with van der Waals surface area (Å²) < 4.78 is 38.1. The summed E-state index contributed by atoms with van der Waals surface area (Å²) in [5.41, 5.74) is 0.761. The first-order chi connectivity index (χ1) is 11.2. The standard InChI is InChI=1S/C17H15F3N2O2/c1-10-8-14(6-7-15(10)21-11(2)23)22-16(24)12-4-3-5-13(9-12)17(18,19)20/h3-9H,1-2H3,(H,21,23)(H,22,24). The van der Waals surface area contributed by atoms with Crippen molar-refractivity contribution in [1.29, 1.82) is 0 Å². The molecule has 0 heterocycles. The van der Waals surface area contributed by atoms with E-state index in [0.717, 1.165) is 12.1 Å². The molecule has 0 aliphatic heterocycles.